The van der Waals surface area contributed by atoms with Gasteiger partial charge in [-0.1, -0.05) is 26.7 Å². The third-order valence-electron chi connectivity index (χ3n) is 4.95. The molecular formula is C20H28N2O4. The fourth-order valence-corrected chi connectivity index (χ4v) is 3.68. The van der Waals surface area contributed by atoms with Gasteiger partial charge in [-0.3, -0.25) is 9.59 Å². The van der Waals surface area contributed by atoms with Gasteiger partial charge in [-0.25, -0.2) is 0 Å². The molecule has 1 N–H and O–H groups in total. The van der Waals surface area contributed by atoms with Gasteiger partial charge in [0, 0.05) is 30.6 Å². The zero-order chi connectivity index (χ0) is 18.5. The van der Waals surface area contributed by atoms with Crippen LogP contribution in [0.2, 0.25) is 0 Å². The Morgan fingerprint density at radius 3 is 2.58 bits per heavy atom. The first kappa shape index (κ1) is 18.5. The first-order valence-electron chi connectivity index (χ1n) is 9.62. The first-order valence-corrected chi connectivity index (χ1v) is 9.62. The van der Waals surface area contributed by atoms with Crippen molar-refractivity contribution < 1.29 is 19.1 Å². The molecule has 0 radical (unpaired) electrons. The number of amides is 2. The second-order valence-corrected chi connectivity index (χ2v) is 7.02. The maximum Gasteiger partial charge on any atom is 0.229 e. The molecule has 6 nitrogen and oxygen atoms in total. The monoisotopic (exact) mass is 360 g/mol. The van der Waals surface area contributed by atoms with E-state index in [0.717, 1.165) is 31.4 Å². The van der Waals surface area contributed by atoms with Crippen molar-refractivity contribution in [3.63, 3.8) is 0 Å². The van der Waals surface area contributed by atoms with E-state index >= 15 is 0 Å². The molecule has 0 unspecified atom stereocenters. The summed E-state index contributed by atoms with van der Waals surface area (Å²) in [4.78, 5) is 26.7. The smallest absolute Gasteiger partial charge is 0.229 e. The predicted molar refractivity (Wildman–Crippen MR) is 99.6 cm³/mol. The lowest BCUT2D eigenvalue weighted by Gasteiger charge is -2.23. The number of hydrogen-bond acceptors (Lipinski definition) is 4. The van der Waals surface area contributed by atoms with E-state index < -0.39 is 0 Å². The van der Waals surface area contributed by atoms with Crippen LogP contribution in [0.1, 0.15) is 46.0 Å². The van der Waals surface area contributed by atoms with Crippen molar-refractivity contribution in [2.24, 2.45) is 5.92 Å². The maximum atomic E-state index is 12.5. The van der Waals surface area contributed by atoms with E-state index in [-0.39, 0.29) is 23.8 Å². The van der Waals surface area contributed by atoms with Crippen molar-refractivity contribution in [2.45, 2.75) is 52.0 Å². The number of carbonyl (C=O) groups is 2. The molecule has 1 fully saturated rings. The highest BCUT2D eigenvalue weighted by Crippen LogP contribution is 2.35. The molecule has 0 saturated carbocycles. The molecule has 0 aromatic heterocycles. The highest BCUT2D eigenvalue weighted by atomic mass is 16.6. The lowest BCUT2D eigenvalue weighted by atomic mass is 9.97. The van der Waals surface area contributed by atoms with Gasteiger partial charge in [-0.15, -0.1) is 0 Å². The molecule has 2 aliphatic heterocycles. The number of nitrogens with one attached hydrogen (secondary N) is 1. The van der Waals surface area contributed by atoms with E-state index in [1.165, 1.54) is 0 Å². The molecule has 142 valence electrons. The number of hydrogen-bond donors (Lipinski definition) is 1. The third-order valence-corrected chi connectivity index (χ3v) is 4.95. The van der Waals surface area contributed by atoms with Crippen LogP contribution in [-0.4, -0.2) is 37.6 Å². The van der Waals surface area contributed by atoms with Gasteiger partial charge in [-0.05, 0) is 25.0 Å². The summed E-state index contributed by atoms with van der Waals surface area (Å²) in [5.41, 5.74) is 0.787. The minimum absolute atomic E-state index is 0.0227. The van der Waals surface area contributed by atoms with E-state index in [2.05, 4.69) is 19.2 Å². The van der Waals surface area contributed by atoms with E-state index in [9.17, 15) is 9.59 Å². The van der Waals surface area contributed by atoms with Gasteiger partial charge < -0.3 is 19.7 Å². The summed E-state index contributed by atoms with van der Waals surface area (Å²) in [5.74, 6) is 1.52. The Morgan fingerprint density at radius 1 is 1.19 bits per heavy atom. The SMILES string of the molecule is CCCC(CCC)C(=O)N[C@H]1CC(=O)N(c2ccc3c(c2)OCCO3)C1. The molecule has 1 saturated heterocycles. The van der Waals surface area contributed by atoms with Crippen molar-refractivity contribution in [2.75, 3.05) is 24.7 Å². The zero-order valence-electron chi connectivity index (χ0n) is 15.6. The largest absolute Gasteiger partial charge is 0.486 e. The molecule has 6 heteroatoms. The number of nitrogens with zero attached hydrogens (tertiary/aromatic N) is 1. The maximum absolute atomic E-state index is 12.5. The standard InChI is InChI=1S/C20H28N2O4/c1-3-5-14(6-4-2)20(24)21-15-11-19(23)22(13-15)16-7-8-17-18(12-16)26-10-9-25-17/h7-8,12,14-15H,3-6,9-11,13H2,1-2H3,(H,21,24)/t15-/m0/s1. The third kappa shape index (κ3) is 4.11. The van der Waals surface area contributed by atoms with Gasteiger partial charge in [0.1, 0.15) is 13.2 Å². The molecule has 0 aliphatic carbocycles. The molecule has 1 aromatic rings. The Kier molecular flexibility index (Phi) is 6.01. The second kappa shape index (κ2) is 8.43. The Balaban J connectivity index is 1.64. The summed E-state index contributed by atoms with van der Waals surface area (Å²) < 4.78 is 11.1. The molecular weight excluding hydrogens is 332 g/mol. The molecule has 1 aromatic carbocycles. The molecule has 2 amide bonds. The van der Waals surface area contributed by atoms with E-state index in [1.54, 1.807) is 4.90 Å². The molecule has 3 rings (SSSR count). The van der Waals surface area contributed by atoms with Crippen molar-refractivity contribution in [1.29, 1.82) is 0 Å². The van der Waals surface area contributed by atoms with Crippen LogP contribution < -0.4 is 19.7 Å². The quantitative estimate of drug-likeness (QED) is 0.812. The first-order chi connectivity index (χ1) is 12.6. The number of carbonyl (C=O) groups excluding carboxylic acids is 2. The van der Waals surface area contributed by atoms with Crippen molar-refractivity contribution >= 4 is 17.5 Å². The summed E-state index contributed by atoms with van der Waals surface area (Å²) in [6, 6.07) is 5.40. The average Bonchev–Trinajstić information content (AvgIpc) is 3.01. The Labute approximate surface area is 154 Å². The molecule has 0 spiro atoms. The Morgan fingerprint density at radius 2 is 1.88 bits per heavy atom. The normalized spacial score (nSPS) is 19.1. The lowest BCUT2D eigenvalue weighted by Crippen LogP contribution is -2.40. The molecule has 1 atom stereocenters. The highest BCUT2D eigenvalue weighted by molar-refractivity contribution is 5.97. The van der Waals surface area contributed by atoms with Crippen LogP contribution in [0.5, 0.6) is 11.5 Å². The lowest BCUT2D eigenvalue weighted by molar-refractivity contribution is -0.126. The van der Waals surface area contributed by atoms with Crippen LogP contribution in [-0.2, 0) is 9.59 Å². The Hall–Kier alpha value is -2.24. The second-order valence-electron chi connectivity index (χ2n) is 7.02. The minimum atomic E-state index is -0.139. The van der Waals surface area contributed by atoms with Crippen LogP contribution >= 0.6 is 0 Å². The van der Waals surface area contributed by atoms with Crippen molar-refractivity contribution in [3.05, 3.63) is 18.2 Å². The van der Waals surface area contributed by atoms with Crippen LogP contribution in [0, 0.1) is 5.92 Å². The van der Waals surface area contributed by atoms with Gasteiger partial charge in [0.25, 0.3) is 0 Å². The number of rotatable bonds is 7. The summed E-state index contributed by atoms with van der Waals surface area (Å²) >= 11 is 0. The topological polar surface area (TPSA) is 67.9 Å². The van der Waals surface area contributed by atoms with Crippen molar-refractivity contribution in [1.82, 2.24) is 5.32 Å². The van der Waals surface area contributed by atoms with Crippen molar-refractivity contribution in [3.8, 4) is 11.5 Å². The van der Waals surface area contributed by atoms with Crippen LogP contribution in [0.15, 0.2) is 18.2 Å². The fourth-order valence-electron chi connectivity index (χ4n) is 3.68. The summed E-state index contributed by atoms with van der Waals surface area (Å²) in [6.45, 7) is 5.74. The Bertz CT molecular complexity index is 655. The summed E-state index contributed by atoms with van der Waals surface area (Å²) in [5, 5.41) is 3.08. The van der Waals surface area contributed by atoms with Gasteiger partial charge in [-0.2, -0.15) is 0 Å². The van der Waals surface area contributed by atoms with E-state index in [1.807, 2.05) is 18.2 Å². The fraction of sp³-hybridized carbons (Fsp3) is 0.600. The van der Waals surface area contributed by atoms with Gasteiger partial charge in [0.05, 0.1) is 6.04 Å². The van der Waals surface area contributed by atoms with E-state index in [4.69, 9.17) is 9.47 Å². The number of ether oxygens (including phenoxy) is 2. The molecule has 2 aliphatic rings. The average molecular weight is 360 g/mol. The highest BCUT2D eigenvalue weighted by Gasteiger charge is 2.33. The summed E-state index contributed by atoms with van der Waals surface area (Å²) in [7, 11) is 0. The van der Waals surface area contributed by atoms with E-state index in [0.29, 0.717) is 37.7 Å². The summed E-state index contributed by atoms with van der Waals surface area (Å²) in [6.07, 6.45) is 4.11. The number of anilines is 1. The zero-order valence-corrected chi connectivity index (χ0v) is 15.6. The van der Waals surface area contributed by atoms with Crippen LogP contribution in [0.3, 0.4) is 0 Å². The number of fused-ring (bicyclic) bond motifs is 1. The van der Waals surface area contributed by atoms with Gasteiger partial charge in [0.2, 0.25) is 11.8 Å². The van der Waals surface area contributed by atoms with Gasteiger partial charge in [0.15, 0.2) is 11.5 Å². The van der Waals surface area contributed by atoms with Crippen LogP contribution in [0.4, 0.5) is 5.69 Å². The number of benzene rings is 1. The van der Waals surface area contributed by atoms with Crippen LogP contribution in [0.25, 0.3) is 0 Å². The minimum Gasteiger partial charge on any atom is -0.486 e. The molecule has 0 bridgehead atoms. The molecule has 26 heavy (non-hydrogen) atoms. The molecule has 2 heterocycles. The predicted octanol–water partition coefficient (Wildman–Crippen LogP) is 2.90. The van der Waals surface area contributed by atoms with Gasteiger partial charge >= 0.3 is 0 Å².